The minimum atomic E-state index is -0.616. The van der Waals surface area contributed by atoms with Gasteiger partial charge in [0, 0.05) is 45.8 Å². The fraction of sp³-hybridized carbons (Fsp3) is 0.640. The number of hydrogen-bond donors (Lipinski definition) is 2. The standard InChI is InChI=1S/C25H35N5O4/c26-11-19-4-6-23(7-5-19)34-18-22(31)17-28-13-20-10-21(14-28)16-30(15-20)25(33)27-12-24(32)29-8-2-1-3-9-29/h4-7,20-22,31H,1-3,8-10,12-18H2,(H,27,33). The van der Waals surface area contributed by atoms with Crippen LogP contribution in [0.15, 0.2) is 24.3 Å². The third-order valence-electron chi connectivity index (χ3n) is 6.94. The Kier molecular flexibility index (Phi) is 8.25. The molecule has 4 rings (SSSR count). The van der Waals surface area contributed by atoms with Crippen molar-refractivity contribution in [2.75, 3.05) is 59.0 Å². The van der Waals surface area contributed by atoms with Gasteiger partial charge in [0.1, 0.15) is 18.5 Å². The molecule has 2 bridgehead atoms. The zero-order valence-corrected chi connectivity index (χ0v) is 19.7. The van der Waals surface area contributed by atoms with Crippen LogP contribution < -0.4 is 10.1 Å². The number of carbonyl (C=O) groups is 2. The van der Waals surface area contributed by atoms with Crippen LogP contribution in [0, 0.1) is 23.2 Å². The highest BCUT2D eigenvalue weighted by molar-refractivity contribution is 5.84. The molecule has 3 aliphatic heterocycles. The summed E-state index contributed by atoms with van der Waals surface area (Å²) in [5.74, 6) is 1.37. The lowest BCUT2D eigenvalue weighted by Gasteiger charge is -2.46. The van der Waals surface area contributed by atoms with E-state index in [9.17, 15) is 14.7 Å². The van der Waals surface area contributed by atoms with E-state index < -0.39 is 6.10 Å². The molecule has 1 aromatic rings. The molecule has 3 aliphatic rings. The van der Waals surface area contributed by atoms with Crippen LogP contribution in [0.1, 0.15) is 31.2 Å². The number of urea groups is 1. The van der Waals surface area contributed by atoms with E-state index in [2.05, 4.69) is 16.3 Å². The van der Waals surface area contributed by atoms with Gasteiger partial charge in [0.2, 0.25) is 5.91 Å². The van der Waals surface area contributed by atoms with E-state index in [4.69, 9.17) is 10.00 Å². The Morgan fingerprint density at radius 3 is 2.38 bits per heavy atom. The number of hydrogen-bond acceptors (Lipinski definition) is 6. The highest BCUT2D eigenvalue weighted by atomic mass is 16.5. The number of nitriles is 1. The Morgan fingerprint density at radius 2 is 1.74 bits per heavy atom. The molecule has 3 atom stereocenters. The van der Waals surface area contributed by atoms with E-state index in [0.29, 0.717) is 42.8 Å². The number of β-amino-alcohol motifs (C(OH)–C–C–N with tert-alkyl or cyclic N) is 1. The number of piperidine rings is 3. The first-order valence-electron chi connectivity index (χ1n) is 12.3. The number of aliphatic hydroxyl groups is 1. The first-order valence-corrected chi connectivity index (χ1v) is 12.3. The highest BCUT2D eigenvalue weighted by Crippen LogP contribution is 2.28. The van der Waals surface area contributed by atoms with Gasteiger partial charge in [-0.05, 0) is 61.8 Å². The molecule has 0 spiro atoms. The van der Waals surface area contributed by atoms with Crippen LogP contribution in [0.2, 0.25) is 0 Å². The SMILES string of the molecule is N#Cc1ccc(OCC(O)CN2CC3CC(C2)CN(C(=O)NCC(=O)N2CCCCC2)C3)cc1. The van der Waals surface area contributed by atoms with Gasteiger partial charge in [-0.25, -0.2) is 4.79 Å². The van der Waals surface area contributed by atoms with Gasteiger partial charge in [-0.1, -0.05) is 0 Å². The number of ether oxygens (including phenoxy) is 1. The number of nitrogens with one attached hydrogen (secondary N) is 1. The van der Waals surface area contributed by atoms with E-state index in [1.807, 2.05) is 9.80 Å². The molecule has 0 aromatic heterocycles. The minimum absolute atomic E-state index is 0.00800. The summed E-state index contributed by atoms with van der Waals surface area (Å²) in [7, 11) is 0. The van der Waals surface area contributed by atoms with Crippen LogP contribution in [-0.2, 0) is 4.79 Å². The van der Waals surface area contributed by atoms with Crippen molar-refractivity contribution in [3.63, 3.8) is 0 Å². The van der Waals surface area contributed by atoms with Crippen LogP contribution in [0.5, 0.6) is 5.75 Å². The van der Waals surface area contributed by atoms with Gasteiger partial charge >= 0.3 is 6.03 Å². The molecule has 0 aliphatic carbocycles. The average molecular weight is 470 g/mol. The molecule has 34 heavy (non-hydrogen) atoms. The normalized spacial score (nSPS) is 23.6. The predicted octanol–water partition coefficient (Wildman–Crippen LogP) is 1.27. The van der Waals surface area contributed by atoms with E-state index in [1.165, 1.54) is 6.42 Å². The maximum atomic E-state index is 12.7. The lowest BCUT2D eigenvalue weighted by atomic mass is 9.84. The van der Waals surface area contributed by atoms with Crippen LogP contribution in [-0.4, -0.2) is 96.8 Å². The van der Waals surface area contributed by atoms with Gasteiger partial charge in [0.05, 0.1) is 18.2 Å². The average Bonchev–Trinajstić information content (AvgIpc) is 2.86. The van der Waals surface area contributed by atoms with E-state index in [-0.39, 0.29) is 25.1 Å². The van der Waals surface area contributed by atoms with E-state index >= 15 is 0 Å². The van der Waals surface area contributed by atoms with E-state index in [0.717, 1.165) is 45.4 Å². The summed E-state index contributed by atoms with van der Waals surface area (Å²) < 4.78 is 5.66. The molecule has 3 saturated heterocycles. The maximum absolute atomic E-state index is 12.7. The molecule has 3 fully saturated rings. The fourth-order valence-corrected chi connectivity index (χ4v) is 5.39. The van der Waals surface area contributed by atoms with Gasteiger partial charge in [-0.3, -0.25) is 9.69 Å². The first kappa shape index (κ1) is 24.3. The summed E-state index contributed by atoms with van der Waals surface area (Å²) in [4.78, 5) is 31.0. The van der Waals surface area contributed by atoms with Crippen molar-refractivity contribution < 1.29 is 19.4 Å². The van der Waals surface area contributed by atoms with Gasteiger partial charge in [0.25, 0.3) is 0 Å². The zero-order chi connectivity index (χ0) is 23.9. The van der Waals surface area contributed by atoms with Gasteiger partial charge in [-0.2, -0.15) is 5.26 Å². The Hall–Kier alpha value is -2.83. The number of carbonyl (C=O) groups excluding carboxylic acids is 2. The molecule has 184 valence electrons. The smallest absolute Gasteiger partial charge is 0.317 e. The molecule has 0 saturated carbocycles. The Balaban J connectivity index is 1.18. The second-order valence-electron chi connectivity index (χ2n) is 9.79. The number of aliphatic hydroxyl groups excluding tert-OH is 1. The zero-order valence-electron chi connectivity index (χ0n) is 19.7. The van der Waals surface area contributed by atoms with Crippen molar-refractivity contribution in [1.29, 1.82) is 5.26 Å². The number of nitrogens with zero attached hydrogens (tertiary/aromatic N) is 4. The molecular weight excluding hydrogens is 434 g/mol. The first-order chi connectivity index (χ1) is 16.5. The molecule has 9 heteroatoms. The van der Waals surface area contributed by atoms with Gasteiger partial charge in [0.15, 0.2) is 0 Å². The number of fused-ring (bicyclic) bond motifs is 2. The van der Waals surface area contributed by atoms with Crippen molar-refractivity contribution in [2.45, 2.75) is 31.8 Å². The topological polar surface area (TPSA) is 109 Å². The van der Waals surface area contributed by atoms with E-state index in [1.54, 1.807) is 24.3 Å². The third kappa shape index (κ3) is 6.61. The third-order valence-corrected chi connectivity index (χ3v) is 6.94. The van der Waals surface area contributed by atoms with Gasteiger partial charge in [-0.15, -0.1) is 0 Å². The summed E-state index contributed by atoms with van der Waals surface area (Å²) in [5, 5.41) is 22.2. The van der Waals surface area contributed by atoms with Crippen molar-refractivity contribution in [2.24, 2.45) is 11.8 Å². The van der Waals surface area contributed by atoms with Crippen molar-refractivity contribution in [3.05, 3.63) is 29.8 Å². The number of benzene rings is 1. The lowest BCUT2D eigenvalue weighted by molar-refractivity contribution is -0.130. The van der Waals surface area contributed by atoms with Crippen LogP contribution in [0.4, 0.5) is 4.79 Å². The fourth-order valence-electron chi connectivity index (χ4n) is 5.39. The molecule has 0 radical (unpaired) electrons. The monoisotopic (exact) mass is 469 g/mol. The number of amides is 3. The second kappa shape index (κ2) is 11.5. The maximum Gasteiger partial charge on any atom is 0.317 e. The quantitative estimate of drug-likeness (QED) is 0.623. The van der Waals surface area contributed by atoms with Gasteiger partial charge < -0.3 is 25.0 Å². The predicted molar refractivity (Wildman–Crippen MR) is 126 cm³/mol. The molecular formula is C25H35N5O4. The van der Waals surface area contributed by atoms with Crippen LogP contribution >= 0.6 is 0 Å². The largest absolute Gasteiger partial charge is 0.491 e. The number of likely N-dealkylation sites (tertiary alicyclic amines) is 3. The molecule has 9 nitrogen and oxygen atoms in total. The van der Waals surface area contributed by atoms with Crippen LogP contribution in [0.3, 0.4) is 0 Å². The van der Waals surface area contributed by atoms with Crippen molar-refractivity contribution in [1.82, 2.24) is 20.0 Å². The van der Waals surface area contributed by atoms with Crippen molar-refractivity contribution >= 4 is 11.9 Å². The Morgan fingerprint density at radius 1 is 1.06 bits per heavy atom. The number of rotatable bonds is 7. The Labute approximate surface area is 201 Å². The molecule has 2 N–H and O–H groups in total. The summed E-state index contributed by atoms with van der Waals surface area (Å²) in [5.41, 5.74) is 0.573. The molecule has 3 heterocycles. The summed E-state index contributed by atoms with van der Waals surface area (Å²) in [6.07, 6.45) is 3.73. The highest BCUT2D eigenvalue weighted by Gasteiger charge is 2.36. The van der Waals surface area contributed by atoms with Crippen molar-refractivity contribution in [3.8, 4) is 11.8 Å². The minimum Gasteiger partial charge on any atom is -0.491 e. The summed E-state index contributed by atoms with van der Waals surface area (Å²) >= 11 is 0. The molecule has 3 unspecified atom stereocenters. The second-order valence-corrected chi connectivity index (χ2v) is 9.79. The summed E-state index contributed by atoms with van der Waals surface area (Å²) in [6, 6.07) is 8.77. The van der Waals surface area contributed by atoms with Crippen LogP contribution in [0.25, 0.3) is 0 Å². The molecule has 3 amide bonds. The molecule has 1 aromatic carbocycles. The summed E-state index contributed by atoms with van der Waals surface area (Å²) in [6.45, 7) is 5.40. The Bertz CT molecular complexity index is 866. The lowest BCUT2D eigenvalue weighted by Crippen LogP contribution is -2.57.